The number of quaternary nitrogens is 1. The van der Waals surface area contributed by atoms with Crippen molar-refractivity contribution in [3.8, 4) is 11.5 Å². The zero-order chi connectivity index (χ0) is 13.0. The molecular formula is C11H14BrNO4. The van der Waals surface area contributed by atoms with E-state index in [-0.39, 0.29) is 6.42 Å². The number of hydrogen-bond acceptors (Lipinski definition) is 4. The number of rotatable bonds is 5. The van der Waals surface area contributed by atoms with Crippen LogP contribution in [0.25, 0.3) is 0 Å². The number of methoxy groups -OCH3 is 2. The average Bonchev–Trinajstić information content (AvgIpc) is 2.26. The highest BCUT2D eigenvalue weighted by molar-refractivity contribution is 9.10. The molecule has 1 atom stereocenters. The Morgan fingerprint density at radius 1 is 1.47 bits per heavy atom. The Kier molecular flexibility index (Phi) is 4.77. The second-order valence-electron chi connectivity index (χ2n) is 3.51. The molecule has 6 heteroatoms. The highest BCUT2D eigenvalue weighted by Gasteiger charge is 2.16. The molecule has 0 aliphatic carbocycles. The van der Waals surface area contributed by atoms with Gasteiger partial charge in [-0.3, -0.25) is 0 Å². The standard InChI is InChI=1S/C11H14BrNO4/c1-16-9-4-6(8(13)5-10(14)15)3-7(12)11(9)17-2/h3-4,8H,5,13H2,1-2H3,(H,14,15)/t8-/m0/s1. The summed E-state index contributed by atoms with van der Waals surface area (Å²) in [7, 11) is 3.05. The summed E-state index contributed by atoms with van der Waals surface area (Å²) in [5.41, 5.74) is 4.53. The summed E-state index contributed by atoms with van der Waals surface area (Å²) in [6, 6.07) is 3.09. The number of ether oxygens (including phenoxy) is 2. The highest BCUT2D eigenvalue weighted by Crippen LogP contribution is 2.37. The SMILES string of the molecule is COc1cc([C@@H]([NH3+])CC(=O)[O-])cc(Br)c1OC. The fraction of sp³-hybridized carbons (Fsp3) is 0.364. The van der Waals surface area contributed by atoms with Gasteiger partial charge in [-0.1, -0.05) is 0 Å². The van der Waals surface area contributed by atoms with Gasteiger partial charge in [0, 0.05) is 18.0 Å². The van der Waals surface area contributed by atoms with Gasteiger partial charge in [0.25, 0.3) is 0 Å². The van der Waals surface area contributed by atoms with Crippen molar-refractivity contribution in [2.24, 2.45) is 0 Å². The van der Waals surface area contributed by atoms with Crippen molar-refractivity contribution in [1.82, 2.24) is 0 Å². The summed E-state index contributed by atoms with van der Waals surface area (Å²) in [6.45, 7) is 0. The van der Waals surface area contributed by atoms with Crippen molar-refractivity contribution in [3.05, 3.63) is 22.2 Å². The molecular weight excluding hydrogens is 290 g/mol. The van der Waals surface area contributed by atoms with E-state index in [0.29, 0.717) is 16.0 Å². The molecule has 0 spiro atoms. The van der Waals surface area contributed by atoms with Gasteiger partial charge in [-0.25, -0.2) is 0 Å². The van der Waals surface area contributed by atoms with Crippen LogP contribution in [0.15, 0.2) is 16.6 Å². The van der Waals surface area contributed by atoms with Crippen LogP contribution in [0.2, 0.25) is 0 Å². The van der Waals surface area contributed by atoms with Crippen molar-refractivity contribution in [2.45, 2.75) is 12.5 Å². The van der Waals surface area contributed by atoms with E-state index in [4.69, 9.17) is 9.47 Å². The van der Waals surface area contributed by atoms with Gasteiger partial charge < -0.3 is 25.1 Å². The Morgan fingerprint density at radius 2 is 2.12 bits per heavy atom. The van der Waals surface area contributed by atoms with Crippen LogP contribution in [0.4, 0.5) is 0 Å². The number of halogens is 1. The van der Waals surface area contributed by atoms with Gasteiger partial charge in [-0.15, -0.1) is 0 Å². The first-order valence-corrected chi connectivity index (χ1v) is 5.73. The molecule has 3 N–H and O–H groups in total. The zero-order valence-corrected chi connectivity index (χ0v) is 11.2. The van der Waals surface area contributed by atoms with Crippen LogP contribution < -0.4 is 20.3 Å². The fourth-order valence-electron chi connectivity index (χ4n) is 1.49. The molecule has 17 heavy (non-hydrogen) atoms. The first kappa shape index (κ1) is 13.8. The summed E-state index contributed by atoms with van der Waals surface area (Å²) in [5, 5.41) is 10.5. The van der Waals surface area contributed by atoms with E-state index in [9.17, 15) is 9.90 Å². The molecule has 94 valence electrons. The average molecular weight is 304 g/mol. The van der Waals surface area contributed by atoms with E-state index in [0.717, 1.165) is 5.56 Å². The largest absolute Gasteiger partial charge is 0.550 e. The predicted octanol–water partition coefficient (Wildman–Crippen LogP) is -0.111. The summed E-state index contributed by atoms with van der Waals surface area (Å²) in [4.78, 5) is 10.5. The monoisotopic (exact) mass is 303 g/mol. The third-order valence-corrected chi connectivity index (χ3v) is 2.93. The predicted molar refractivity (Wildman–Crippen MR) is 62.5 cm³/mol. The summed E-state index contributed by atoms with van der Waals surface area (Å²) >= 11 is 3.34. The maximum atomic E-state index is 10.5. The minimum absolute atomic E-state index is 0.137. The van der Waals surface area contributed by atoms with Crippen LogP contribution in [0.3, 0.4) is 0 Å². The molecule has 0 heterocycles. The van der Waals surface area contributed by atoms with Gasteiger partial charge in [0.1, 0.15) is 6.04 Å². The van der Waals surface area contributed by atoms with Crippen LogP contribution in [0.5, 0.6) is 11.5 Å². The van der Waals surface area contributed by atoms with Crippen molar-refractivity contribution < 1.29 is 25.1 Å². The zero-order valence-electron chi connectivity index (χ0n) is 9.66. The lowest BCUT2D eigenvalue weighted by atomic mass is 10.0. The molecule has 0 aromatic heterocycles. The van der Waals surface area contributed by atoms with Gasteiger partial charge in [0.15, 0.2) is 11.5 Å². The first-order valence-electron chi connectivity index (χ1n) is 4.94. The van der Waals surface area contributed by atoms with Gasteiger partial charge in [-0.2, -0.15) is 0 Å². The molecule has 1 aromatic rings. The molecule has 0 saturated heterocycles. The second-order valence-corrected chi connectivity index (χ2v) is 4.37. The van der Waals surface area contributed by atoms with Gasteiger partial charge in [0.2, 0.25) is 0 Å². The van der Waals surface area contributed by atoms with Crippen LogP contribution in [-0.4, -0.2) is 20.2 Å². The molecule has 0 aliphatic rings. The number of benzene rings is 1. The number of carbonyl (C=O) groups is 1. The van der Waals surface area contributed by atoms with Crippen molar-refractivity contribution >= 4 is 21.9 Å². The molecule has 0 amide bonds. The van der Waals surface area contributed by atoms with Gasteiger partial charge in [0.05, 0.1) is 18.7 Å². The Balaban J connectivity index is 3.10. The third kappa shape index (κ3) is 3.34. The van der Waals surface area contributed by atoms with Crippen LogP contribution in [0.1, 0.15) is 18.0 Å². The second kappa shape index (κ2) is 5.88. The lowest BCUT2D eigenvalue weighted by molar-refractivity contribution is -0.430. The van der Waals surface area contributed by atoms with Crippen molar-refractivity contribution in [2.75, 3.05) is 14.2 Å². The molecule has 0 unspecified atom stereocenters. The molecule has 0 bridgehead atoms. The third-order valence-electron chi connectivity index (χ3n) is 2.34. The Hall–Kier alpha value is -1.27. The van der Waals surface area contributed by atoms with Crippen molar-refractivity contribution in [3.63, 3.8) is 0 Å². The lowest BCUT2D eigenvalue weighted by Gasteiger charge is -2.14. The van der Waals surface area contributed by atoms with E-state index in [1.54, 1.807) is 12.1 Å². The molecule has 0 fully saturated rings. The molecule has 0 radical (unpaired) electrons. The molecule has 0 aliphatic heterocycles. The normalized spacial score (nSPS) is 12.0. The van der Waals surface area contributed by atoms with Gasteiger partial charge in [-0.05, 0) is 28.1 Å². The first-order chi connectivity index (χ1) is 7.99. The minimum Gasteiger partial charge on any atom is -0.550 e. The van der Waals surface area contributed by atoms with E-state index >= 15 is 0 Å². The van der Waals surface area contributed by atoms with E-state index < -0.39 is 12.0 Å². The van der Waals surface area contributed by atoms with Crippen molar-refractivity contribution in [1.29, 1.82) is 0 Å². The summed E-state index contributed by atoms with van der Waals surface area (Å²) in [5.74, 6) is -0.0309. The fourth-order valence-corrected chi connectivity index (χ4v) is 2.11. The molecule has 1 rings (SSSR count). The highest BCUT2D eigenvalue weighted by atomic mass is 79.9. The van der Waals surface area contributed by atoms with E-state index in [1.165, 1.54) is 14.2 Å². The molecule has 0 saturated carbocycles. The number of hydrogen-bond donors (Lipinski definition) is 1. The number of carboxylic acid groups (broad SMARTS) is 1. The summed E-state index contributed by atoms with van der Waals surface area (Å²) in [6.07, 6.45) is -0.137. The maximum absolute atomic E-state index is 10.5. The minimum atomic E-state index is -1.13. The van der Waals surface area contributed by atoms with Crippen LogP contribution >= 0.6 is 15.9 Å². The Labute approximate surface area is 108 Å². The number of aliphatic carboxylic acids is 1. The Bertz CT molecular complexity index is 422. The number of carbonyl (C=O) groups excluding carboxylic acids is 1. The lowest BCUT2D eigenvalue weighted by Crippen LogP contribution is -2.55. The number of carboxylic acids is 1. The van der Waals surface area contributed by atoms with Crippen LogP contribution in [0, 0.1) is 0 Å². The quantitative estimate of drug-likeness (QED) is 0.822. The topological polar surface area (TPSA) is 86.2 Å². The van der Waals surface area contributed by atoms with E-state index in [2.05, 4.69) is 21.7 Å². The maximum Gasteiger partial charge on any atom is 0.174 e. The summed E-state index contributed by atoms with van der Waals surface area (Å²) < 4.78 is 11.0. The van der Waals surface area contributed by atoms with E-state index in [1.807, 2.05) is 0 Å². The molecule has 5 nitrogen and oxygen atoms in total. The van der Waals surface area contributed by atoms with Gasteiger partial charge >= 0.3 is 0 Å². The molecule has 1 aromatic carbocycles. The van der Waals surface area contributed by atoms with Crippen LogP contribution in [-0.2, 0) is 4.79 Å². The Morgan fingerprint density at radius 3 is 2.59 bits per heavy atom. The smallest absolute Gasteiger partial charge is 0.174 e.